The molecule has 4 nitrogen and oxygen atoms in total. The van der Waals surface area contributed by atoms with E-state index in [0.717, 1.165) is 18.9 Å². The van der Waals surface area contributed by atoms with Crippen LogP contribution in [0.2, 0.25) is 0 Å². The van der Waals surface area contributed by atoms with E-state index >= 15 is 0 Å². The lowest BCUT2D eigenvalue weighted by Crippen LogP contribution is -2.36. The summed E-state index contributed by atoms with van der Waals surface area (Å²) in [6.45, 7) is 1.53. The molecule has 2 rings (SSSR count). The molecule has 25 heavy (non-hydrogen) atoms. The van der Waals surface area contributed by atoms with Gasteiger partial charge >= 0.3 is 5.97 Å². The van der Waals surface area contributed by atoms with Crippen LogP contribution in [0.15, 0.2) is 53.0 Å². The van der Waals surface area contributed by atoms with Crippen molar-refractivity contribution in [3.05, 3.63) is 69.9 Å². The van der Waals surface area contributed by atoms with E-state index in [1.165, 1.54) is 17.7 Å². The van der Waals surface area contributed by atoms with Gasteiger partial charge in [0.2, 0.25) is 0 Å². The molecule has 0 aliphatic heterocycles. The third-order valence-corrected chi connectivity index (χ3v) is 4.26. The fourth-order valence-electron chi connectivity index (χ4n) is 2.28. The average molecular weight is 408 g/mol. The van der Waals surface area contributed by atoms with E-state index in [1.807, 2.05) is 37.3 Å². The molecule has 0 radical (unpaired) electrons. The number of ether oxygens (including phenoxy) is 1. The Labute approximate surface area is 154 Å². The van der Waals surface area contributed by atoms with Crippen LogP contribution >= 0.6 is 15.9 Å². The predicted octanol–water partition coefficient (Wildman–Crippen LogP) is 3.88. The van der Waals surface area contributed by atoms with E-state index in [2.05, 4.69) is 21.2 Å². The van der Waals surface area contributed by atoms with Crippen molar-refractivity contribution in [2.45, 2.75) is 25.8 Å². The van der Waals surface area contributed by atoms with Gasteiger partial charge in [0.25, 0.3) is 5.91 Å². The maximum absolute atomic E-state index is 13.0. The van der Waals surface area contributed by atoms with Crippen LogP contribution in [0.25, 0.3) is 0 Å². The maximum Gasteiger partial charge on any atom is 0.339 e. The summed E-state index contributed by atoms with van der Waals surface area (Å²) in [6.07, 6.45) is 1.64. The zero-order valence-corrected chi connectivity index (χ0v) is 15.4. The summed E-state index contributed by atoms with van der Waals surface area (Å²) in [5, 5.41) is 2.79. The van der Waals surface area contributed by atoms with Crippen molar-refractivity contribution in [2.24, 2.45) is 0 Å². The van der Waals surface area contributed by atoms with Crippen molar-refractivity contribution < 1.29 is 18.7 Å². The van der Waals surface area contributed by atoms with Gasteiger partial charge in [0.15, 0.2) is 6.61 Å². The number of aryl methyl sites for hydroxylation is 1. The second-order valence-corrected chi connectivity index (χ2v) is 6.55. The van der Waals surface area contributed by atoms with Crippen LogP contribution in [0, 0.1) is 5.82 Å². The second kappa shape index (κ2) is 9.32. The van der Waals surface area contributed by atoms with E-state index in [4.69, 9.17) is 4.74 Å². The van der Waals surface area contributed by atoms with Crippen molar-refractivity contribution in [3.8, 4) is 0 Å². The van der Waals surface area contributed by atoms with E-state index in [1.54, 1.807) is 0 Å². The number of esters is 1. The highest BCUT2D eigenvalue weighted by molar-refractivity contribution is 9.10. The Hall–Kier alpha value is -2.21. The van der Waals surface area contributed by atoms with Gasteiger partial charge in [-0.05, 0) is 59.5 Å². The quantitative estimate of drug-likeness (QED) is 0.708. The van der Waals surface area contributed by atoms with Gasteiger partial charge in [0.1, 0.15) is 5.82 Å². The number of nitrogens with one attached hydrogen (secondary N) is 1. The third-order valence-electron chi connectivity index (χ3n) is 3.60. The fraction of sp³-hybridized carbons (Fsp3) is 0.263. The standard InChI is InChI=1S/C19H19BrFNO3/c1-13(7-8-14-5-3-2-4-6-14)22-18(23)12-25-19(24)16-10-9-15(21)11-17(16)20/h2-6,9-11,13H,7-8,12H2,1H3,(H,22,23)/t13-/m1/s1. The monoisotopic (exact) mass is 407 g/mol. The number of halogens is 2. The SMILES string of the molecule is C[C@H](CCc1ccccc1)NC(=O)COC(=O)c1ccc(F)cc1Br. The summed E-state index contributed by atoms with van der Waals surface area (Å²) in [7, 11) is 0. The molecule has 0 fully saturated rings. The lowest BCUT2D eigenvalue weighted by Gasteiger charge is -2.14. The normalized spacial score (nSPS) is 11.6. The maximum atomic E-state index is 13.0. The van der Waals surface area contributed by atoms with E-state index in [-0.39, 0.29) is 28.6 Å². The first kappa shape index (κ1) is 19.1. The molecule has 0 spiro atoms. The molecule has 1 N–H and O–H groups in total. The highest BCUT2D eigenvalue weighted by Crippen LogP contribution is 2.18. The average Bonchev–Trinajstić information content (AvgIpc) is 2.59. The van der Waals surface area contributed by atoms with E-state index < -0.39 is 11.8 Å². The Morgan fingerprint density at radius 3 is 2.60 bits per heavy atom. The molecule has 6 heteroatoms. The zero-order chi connectivity index (χ0) is 18.2. The lowest BCUT2D eigenvalue weighted by molar-refractivity contribution is -0.124. The number of benzene rings is 2. The minimum atomic E-state index is -0.682. The van der Waals surface area contributed by atoms with Crippen molar-refractivity contribution >= 4 is 27.8 Å². The molecule has 0 aliphatic carbocycles. The van der Waals surface area contributed by atoms with Crippen LogP contribution in [0.5, 0.6) is 0 Å². The molecular weight excluding hydrogens is 389 g/mol. The molecular formula is C19H19BrFNO3. The topological polar surface area (TPSA) is 55.4 Å². The van der Waals surface area contributed by atoms with Crippen molar-refractivity contribution in [1.29, 1.82) is 0 Å². The largest absolute Gasteiger partial charge is 0.452 e. The van der Waals surface area contributed by atoms with Gasteiger partial charge < -0.3 is 10.1 Å². The molecule has 0 heterocycles. The van der Waals surface area contributed by atoms with Gasteiger partial charge in [0, 0.05) is 10.5 Å². The predicted molar refractivity (Wildman–Crippen MR) is 96.8 cm³/mol. The molecule has 0 saturated carbocycles. The van der Waals surface area contributed by atoms with E-state index in [0.29, 0.717) is 0 Å². The minimum absolute atomic E-state index is 0.0380. The van der Waals surface area contributed by atoms with Crippen LogP contribution < -0.4 is 5.32 Å². The Balaban J connectivity index is 1.75. The number of carbonyl (C=O) groups is 2. The Kier molecular flexibility index (Phi) is 7.13. The Morgan fingerprint density at radius 2 is 1.92 bits per heavy atom. The molecule has 0 bridgehead atoms. The van der Waals surface area contributed by atoms with Gasteiger partial charge in [-0.2, -0.15) is 0 Å². The van der Waals surface area contributed by atoms with Crippen LogP contribution in [-0.2, 0) is 16.0 Å². The highest BCUT2D eigenvalue weighted by atomic mass is 79.9. The van der Waals surface area contributed by atoms with Crippen LogP contribution in [0.1, 0.15) is 29.3 Å². The van der Waals surface area contributed by atoms with Gasteiger partial charge in [0.05, 0.1) is 5.56 Å². The summed E-state index contributed by atoms with van der Waals surface area (Å²) in [4.78, 5) is 23.8. The first-order valence-electron chi connectivity index (χ1n) is 7.91. The van der Waals surface area contributed by atoms with Gasteiger partial charge in [-0.15, -0.1) is 0 Å². The number of amides is 1. The van der Waals surface area contributed by atoms with Crippen molar-refractivity contribution in [2.75, 3.05) is 6.61 Å². The number of carbonyl (C=O) groups excluding carboxylic acids is 2. The Morgan fingerprint density at radius 1 is 1.20 bits per heavy atom. The minimum Gasteiger partial charge on any atom is -0.452 e. The lowest BCUT2D eigenvalue weighted by atomic mass is 10.1. The first-order chi connectivity index (χ1) is 12.0. The summed E-state index contributed by atoms with van der Waals surface area (Å²) >= 11 is 3.10. The number of hydrogen-bond donors (Lipinski definition) is 1. The fourth-order valence-corrected chi connectivity index (χ4v) is 2.79. The highest BCUT2D eigenvalue weighted by Gasteiger charge is 2.15. The van der Waals surface area contributed by atoms with Gasteiger partial charge in [-0.3, -0.25) is 4.79 Å². The summed E-state index contributed by atoms with van der Waals surface area (Å²) < 4.78 is 18.3. The van der Waals surface area contributed by atoms with Gasteiger partial charge in [-0.1, -0.05) is 30.3 Å². The molecule has 132 valence electrons. The second-order valence-electron chi connectivity index (χ2n) is 5.69. The van der Waals surface area contributed by atoms with Gasteiger partial charge in [-0.25, -0.2) is 9.18 Å². The molecule has 2 aromatic carbocycles. The van der Waals surface area contributed by atoms with Crippen molar-refractivity contribution in [3.63, 3.8) is 0 Å². The van der Waals surface area contributed by atoms with E-state index in [9.17, 15) is 14.0 Å². The molecule has 1 amide bonds. The first-order valence-corrected chi connectivity index (χ1v) is 8.70. The zero-order valence-electron chi connectivity index (χ0n) is 13.8. The summed E-state index contributed by atoms with van der Waals surface area (Å²) in [5.74, 6) is -1.51. The molecule has 2 aromatic rings. The molecule has 0 aromatic heterocycles. The molecule has 0 aliphatic rings. The van der Waals surface area contributed by atoms with Crippen LogP contribution in [-0.4, -0.2) is 24.5 Å². The third kappa shape index (κ3) is 6.31. The summed E-state index contributed by atoms with van der Waals surface area (Å²) in [6, 6.07) is 13.6. The molecule has 0 unspecified atom stereocenters. The smallest absolute Gasteiger partial charge is 0.339 e. The van der Waals surface area contributed by atoms with Crippen molar-refractivity contribution in [1.82, 2.24) is 5.32 Å². The number of hydrogen-bond acceptors (Lipinski definition) is 3. The van der Waals surface area contributed by atoms with Crippen LogP contribution in [0.3, 0.4) is 0 Å². The molecule has 0 saturated heterocycles. The molecule has 1 atom stereocenters. The number of rotatable bonds is 7. The summed E-state index contributed by atoms with van der Waals surface area (Å²) in [5.41, 5.74) is 1.38. The van der Waals surface area contributed by atoms with Crippen LogP contribution in [0.4, 0.5) is 4.39 Å². The Bertz CT molecular complexity index is 737.